The smallest absolute Gasteiger partial charge is 0.122 e. The molecule has 0 aliphatic carbocycles. The van der Waals surface area contributed by atoms with Crippen molar-refractivity contribution in [3.63, 3.8) is 0 Å². The van der Waals surface area contributed by atoms with Crippen molar-refractivity contribution in [3.8, 4) is 5.75 Å². The van der Waals surface area contributed by atoms with E-state index in [1.807, 2.05) is 25.1 Å². The standard InChI is InChI=1S/C18H22N2O/c1-14-11-16(19)7-8-18(14)21-17-9-10-20(13-17)12-15-5-3-2-4-6-15/h2-8,11,17H,9-10,12-13,19H2,1H3. The monoisotopic (exact) mass is 282 g/mol. The van der Waals surface area contributed by atoms with E-state index in [0.717, 1.165) is 43.1 Å². The number of likely N-dealkylation sites (tertiary alicyclic amines) is 1. The van der Waals surface area contributed by atoms with E-state index in [0.29, 0.717) is 0 Å². The lowest BCUT2D eigenvalue weighted by Crippen LogP contribution is -2.24. The number of hydrogen-bond acceptors (Lipinski definition) is 3. The lowest BCUT2D eigenvalue weighted by atomic mass is 10.2. The second kappa shape index (κ2) is 6.19. The van der Waals surface area contributed by atoms with Gasteiger partial charge in [0.1, 0.15) is 11.9 Å². The Hall–Kier alpha value is -2.00. The van der Waals surface area contributed by atoms with Crippen LogP contribution in [0.5, 0.6) is 5.75 Å². The zero-order chi connectivity index (χ0) is 14.7. The summed E-state index contributed by atoms with van der Waals surface area (Å²) >= 11 is 0. The first kappa shape index (κ1) is 14.0. The van der Waals surface area contributed by atoms with Crippen LogP contribution in [0.3, 0.4) is 0 Å². The summed E-state index contributed by atoms with van der Waals surface area (Å²) in [6.45, 7) is 5.12. The largest absolute Gasteiger partial charge is 0.489 e. The number of nitrogen functional groups attached to an aromatic ring is 1. The van der Waals surface area contributed by atoms with Crippen LogP contribution in [0.2, 0.25) is 0 Å². The SMILES string of the molecule is Cc1cc(N)ccc1OC1CCN(Cc2ccccc2)C1. The summed E-state index contributed by atoms with van der Waals surface area (Å²) in [5.74, 6) is 0.954. The molecule has 2 aromatic rings. The predicted molar refractivity (Wildman–Crippen MR) is 86.3 cm³/mol. The van der Waals surface area contributed by atoms with E-state index in [1.165, 1.54) is 5.56 Å². The average molecular weight is 282 g/mol. The molecule has 1 heterocycles. The summed E-state index contributed by atoms with van der Waals surface area (Å²) in [7, 11) is 0. The number of benzene rings is 2. The fourth-order valence-electron chi connectivity index (χ4n) is 2.86. The van der Waals surface area contributed by atoms with Crippen LogP contribution in [-0.2, 0) is 6.54 Å². The van der Waals surface area contributed by atoms with Gasteiger partial charge < -0.3 is 10.5 Å². The van der Waals surface area contributed by atoms with Crippen molar-refractivity contribution in [1.82, 2.24) is 4.90 Å². The van der Waals surface area contributed by atoms with Gasteiger partial charge in [0.05, 0.1) is 0 Å². The fourth-order valence-corrected chi connectivity index (χ4v) is 2.86. The molecule has 21 heavy (non-hydrogen) atoms. The fraction of sp³-hybridized carbons (Fsp3) is 0.333. The van der Waals surface area contributed by atoms with Gasteiger partial charge in [0.15, 0.2) is 0 Å². The van der Waals surface area contributed by atoms with Gasteiger partial charge >= 0.3 is 0 Å². The normalized spacial score (nSPS) is 18.8. The van der Waals surface area contributed by atoms with Gasteiger partial charge in [-0.1, -0.05) is 30.3 Å². The lowest BCUT2D eigenvalue weighted by Gasteiger charge is -2.18. The molecule has 1 atom stereocenters. The zero-order valence-electron chi connectivity index (χ0n) is 12.5. The number of rotatable bonds is 4. The topological polar surface area (TPSA) is 38.5 Å². The summed E-state index contributed by atoms with van der Waals surface area (Å²) in [4.78, 5) is 2.45. The van der Waals surface area contributed by atoms with Crippen LogP contribution in [0.15, 0.2) is 48.5 Å². The first-order chi connectivity index (χ1) is 10.2. The third kappa shape index (κ3) is 3.56. The van der Waals surface area contributed by atoms with E-state index in [9.17, 15) is 0 Å². The van der Waals surface area contributed by atoms with Gasteiger partial charge in [-0.2, -0.15) is 0 Å². The molecule has 1 aliphatic rings. The Balaban J connectivity index is 1.57. The minimum atomic E-state index is 0.274. The molecule has 2 aromatic carbocycles. The van der Waals surface area contributed by atoms with E-state index < -0.39 is 0 Å². The Morgan fingerprint density at radius 1 is 1.19 bits per heavy atom. The third-order valence-corrected chi connectivity index (χ3v) is 3.97. The zero-order valence-corrected chi connectivity index (χ0v) is 12.5. The van der Waals surface area contributed by atoms with Crippen molar-refractivity contribution in [2.24, 2.45) is 0 Å². The van der Waals surface area contributed by atoms with Crippen LogP contribution in [-0.4, -0.2) is 24.1 Å². The molecule has 0 saturated carbocycles. The molecule has 1 fully saturated rings. The van der Waals surface area contributed by atoms with Gasteiger partial charge in [0.25, 0.3) is 0 Å². The number of nitrogens with zero attached hydrogens (tertiary/aromatic N) is 1. The predicted octanol–water partition coefficient (Wildman–Crippen LogP) is 3.23. The van der Waals surface area contributed by atoms with Crippen LogP contribution >= 0.6 is 0 Å². The van der Waals surface area contributed by atoms with Crippen LogP contribution in [0, 0.1) is 6.92 Å². The number of anilines is 1. The van der Waals surface area contributed by atoms with Crippen LogP contribution < -0.4 is 10.5 Å². The van der Waals surface area contributed by atoms with Gasteiger partial charge in [-0.25, -0.2) is 0 Å². The van der Waals surface area contributed by atoms with Crippen molar-refractivity contribution >= 4 is 5.69 Å². The molecule has 0 bridgehead atoms. The molecule has 0 radical (unpaired) electrons. The second-order valence-electron chi connectivity index (χ2n) is 5.77. The first-order valence-electron chi connectivity index (χ1n) is 7.50. The molecule has 0 spiro atoms. The number of aryl methyl sites for hydroxylation is 1. The quantitative estimate of drug-likeness (QED) is 0.875. The molecule has 2 N–H and O–H groups in total. The number of nitrogens with two attached hydrogens (primary N) is 1. The van der Waals surface area contributed by atoms with E-state index in [2.05, 4.69) is 35.2 Å². The Labute approximate surface area is 126 Å². The van der Waals surface area contributed by atoms with Crippen molar-refractivity contribution in [3.05, 3.63) is 59.7 Å². The van der Waals surface area contributed by atoms with E-state index in [-0.39, 0.29) is 6.10 Å². The van der Waals surface area contributed by atoms with Crippen molar-refractivity contribution in [2.75, 3.05) is 18.8 Å². The van der Waals surface area contributed by atoms with Gasteiger partial charge in [0, 0.05) is 25.3 Å². The maximum absolute atomic E-state index is 6.13. The Morgan fingerprint density at radius 3 is 2.76 bits per heavy atom. The maximum atomic E-state index is 6.13. The highest BCUT2D eigenvalue weighted by Gasteiger charge is 2.24. The molecule has 1 saturated heterocycles. The summed E-state index contributed by atoms with van der Waals surface area (Å²) in [6, 6.07) is 16.4. The summed E-state index contributed by atoms with van der Waals surface area (Å²) < 4.78 is 6.13. The molecular formula is C18H22N2O. The highest BCUT2D eigenvalue weighted by molar-refractivity contribution is 5.47. The molecule has 3 heteroatoms. The lowest BCUT2D eigenvalue weighted by molar-refractivity contribution is 0.197. The molecule has 0 amide bonds. The minimum Gasteiger partial charge on any atom is -0.489 e. The molecule has 3 rings (SSSR count). The van der Waals surface area contributed by atoms with Gasteiger partial charge in [-0.05, 0) is 42.7 Å². The highest BCUT2D eigenvalue weighted by atomic mass is 16.5. The maximum Gasteiger partial charge on any atom is 0.122 e. The number of hydrogen-bond donors (Lipinski definition) is 1. The van der Waals surface area contributed by atoms with E-state index in [4.69, 9.17) is 10.5 Å². The minimum absolute atomic E-state index is 0.274. The third-order valence-electron chi connectivity index (χ3n) is 3.97. The first-order valence-corrected chi connectivity index (χ1v) is 7.50. The summed E-state index contributed by atoms with van der Waals surface area (Å²) in [5, 5.41) is 0. The highest BCUT2D eigenvalue weighted by Crippen LogP contribution is 2.24. The van der Waals surface area contributed by atoms with Crippen molar-refractivity contribution in [1.29, 1.82) is 0 Å². The molecule has 110 valence electrons. The molecule has 1 aliphatic heterocycles. The Bertz CT molecular complexity index is 597. The van der Waals surface area contributed by atoms with Crippen LogP contribution in [0.4, 0.5) is 5.69 Å². The van der Waals surface area contributed by atoms with Crippen molar-refractivity contribution in [2.45, 2.75) is 26.0 Å². The van der Waals surface area contributed by atoms with E-state index >= 15 is 0 Å². The molecule has 3 nitrogen and oxygen atoms in total. The molecule has 1 unspecified atom stereocenters. The summed E-state index contributed by atoms with van der Waals surface area (Å²) in [5.41, 5.74) is 9.04. The Morgan fingerprint density at radius 2 is 2.00 bits per heavy atom. The molecule has 0 aromatic heterocycles. The average Bonchev–Trinajstić information content (AvgIpc) is 2.90. The van der Waals surface area contributed by atoms with Crippen molar-refractivity contribution < 1.29 is 4.74 Å². The van der Waals surface area contributed by atoms with Gasteiger partial charge in [-0.3, -0.25) is 4.90 Å². The van der Waals surface area contributed by atoms with Gasteiger partial charge in [0.2, 0.25) is 0 Å². The van der Waals surface area contributed by atoms with Crippen LogP contribution in [0.1, 0.15) is 17.5 Å². The number of ether oxygens (including phenoxy) is 1. The van der Waals surface area contributed by atoms with Crippen LogP contribution in [0.25, 0.3) is 0 Å². The van der Waals surface area contributed by atoms with E-state index in [1.54, 1.807) is 0 Å². The second-order valence-corrected chi connectivity index (χ2v) is 5.77. The Kier molecular flexibility index (Phi) is 4.11. The van der Waals surface area contributed by atoms with Gasteiger partial charge in [-0.15, -0.1) is 0 Å². The summed E-state index contributed by atoms with van der Waals surface area (Å²) in [6.07, 6.45) is 1.35. The molecular weight excluding hydrogens is 260 g/mol.